The van der Waals surface area contributed by atoms with E-state index in [1.54, 1.807) is 11.8 Å². The third kappa shape index (κ3) is 5.88. The van der Waals surface area contributed by atoms with E-state index in [4.69, 9.17) is 11.6 Å². The summed E-state index contributed by atoms with van der Waals surface area (Å²) in [7, 11) is -3.81. The lowest BCUT2D eigenvalue weighted by atomic mass is 10.2. The lowest BCUT2D eigenvalue weighted by Crippen LogP contribution is -2.27. The summed E-state index contributed by atoms with van der Waals surface area (Å²) in [4.78, 5) is 13.3. The van der Waals surface area contributed by atoms with Crippen LogP contribution < -0.4 is 10.0 Å². The molecule has 0 aliphatic heterocycles. The number of hydrogen-bond donors (Lipinski definition) is 2. The van der Waals surface area contributed by atoms with Crippen LogP contribution in [-0.2, 0) is 10.0 Å². The van der Waals surface area contributed by atoms with Gasteiger partial charge in [-0.15, -0.1) is 18.3 Å². The fraction of sp³-hybridized carbons (Fsp3) is 0.167. The molecule has 0 bridgehead atoms. The van der Waals surface area contributed by atoms with Crippen molar-refractivity contribution < 1.29 is 13.2 Å². The number of rotatable bonds is 9. The molecule has 138 valence electrons. The zero-order valence-corrected chi connectivity index (χ0v) is 16.3. The van der Waals surface area contributed by atoms with Gasteiger partial charge in [0.15, 0.2) is 0 Å². The molecule has 0 saturated carbocycles. The Morgan fingerprint density at radius 1 is 1.19 bits per heavy atom. The van der Waals surface area contributed by atoms with Gasteiger partial charge in [0.25, 0.3) is 5.91 Å². The van der Waals surface area contributed by atoms with Gasteiger partial charge in [0.2, 0.25) is 10.0 Å². The van der Waals surface area contributed by atoms with Crippen molar-refractivity contribution in [2.45, 2.75) is 9.79 Å². The predicted molar refractivity (Wildman–Crippen MR) is 106 cm³/mol. The van der Waals surface area contributed by atoms with Crippen LogP contribution in [0.4, 0.5) is 0 Å². The highest BCUT2D eigenvalue weighted by Gasteiger charge is 2.19. The van der Waals surface area contributed by atoms with E-state index in [1.165, 1.54) is 24.3 Å². The van der Waals surface area contributed by atoms with Crippen LogP contribution in [0.15, 0.2) is 71.0 Å². The summed E-state index contributed by atoms with van der Waals surface area (Å²) in [6.45, 7) is 3.99. The average molecular weight is 411 g/mol. The van der Waals surface area contributed by atoms with Crippen molar-refractivity contribution in [1.82, 2.24) is 10.0 Å². The van der Waals surface area contributed by atoms with E-state index in [2.05, 4.69) is 16.6 Å². The van der Waals surface area contributed by atoms with Crippen molar-refractivity contribution in [3.63, 3.8) is 0 Å². The molecule has 0 aliphatic rings. The van der Waals surface area contributed by atoms with Gasteiger partial charge in [-0.25, -0.2) is 13.1 Å². The Morgan fingerprint density at radius 2 is 1.92 bits per heavy atom. The summed E-state index contributed by atoms with van der Waals surface area (Å²) in [5, 5.41) is 2.83. The topological polar surface area (TPSA) is 75.3 Å². The number of sulfonamides is 1. The van der Waals surface area contributed by atoms with Crippen LogP contribution in [0, 0.1) is 0 Å². The van der Waals surface area contributed by atoms with Gasteiger partial charge in [0, 0.05) is 29.3 Å². The van der Waals surface area contributed by atoms with Crippen molar-refractivity contribution in [3.8, 4) is 0 Å². The van der Waals surface area contributed by atoms with Crippen LogP contribution in [0.2, 0.25) is 5.02 Å². The summed E-state index contributed by atoms with van der Waals surface area (Å²) in [5.41, 5.74) is 0.234. The maximum absolute atomic E-state index is 12.3. The van der Waals surface area contributed by atoms with Gasteiger partial charge in [-0.05, 0) is 30.3 Å². The molecule has 26 heavy (non-hydrogen) atoms. The van der Waals surface area contributed by atoms with Crippen molar-refractivity contribution in [3.05, 3.63) is 71.8 Å². The number of carbonyl (C=O) groups is 1. The van der Waals surface area contributed by atoms with Gasteiger partial charge in [-0.3, -0.25) is 4.79 Å². The molecule has 5 nitrogen and oxygen atoms in total. The minimum absolute atomic E-state index is 0.0535. The number of hydrogen-bond acceptors (Lipinski definition) is 4. The number of thioether (sulfide) groups is 1. The third-order valence-corrected chi connectivity index (χ3v) is 6.22. The fourth-order valence-electron chi connectivity index (χ4n) is 2.05. The van der Waals surface area contributed by atoms with E-state index in [0.717, 1.165) is 4.90 Å². The molecule has 0 saturated heterocycles. The lowest BCUT2D eigenvalue weighted by Gasteiger charge is -2.10. The maximum atomic E-state index is 12.3. The minimum atomic E-state index is -3.81. The third-order valence-electron chi connectivity index (χ3n) is 3.30. The second-order valence-corrected chi connectivity index (χ2v) is 8.51. The Labute approximate surface area is 162 Å². The SMILES string of the molecule is C=CCNS(=O)(=O)c1cc(C(=O)NCCSc2ccccc2)ccc1Cl. The van der Waals surface area contributed by atoms with Crippen molar-refractivity contribution in [2.24, 2.45) is 0 Å². The standard InChI is InChI=1S/C18H19ClN2O3S2/c1-2-10-21-26(23,24)17-13-14(8-9-16(17)19)18(22)20-11-12-25-15-6-4-3-5-7-15/h2-9,13,21H,1,10-12H2,(H,20,22). The van der Waals surface area contributed by atoms with E-state index in [1.807, 2.05) is 30.3 Å². The highest BCUT2D eigenvalue weighted by molar-refractivity contribution is 7.99. The average Bonchev–Trinajstić information content (AvgIpc) is 2.64. The van der Waals surface area contributed by atoms with Gasteiger partial charge < -0.3 is 5.32 Å². The molecule has 2 rings (SSSR count). The van der Waals surface area contributed by atoms with Gasteiger partial charge >= 0.3 is 0 Å². The normalized spacial score (nSPS) is 11.1. The molecule has 0 aliphatic carbocycles. The Bertz CT molecular complexity index is 871. The molecule has 2 aromatic carbocycles. The molecule has 0 spiro atoms. The van der Waals surface area contributed by atoms with E-state index in [-0.39, 0.29) is 27.9 Å². The second kappa shape index (κ2) is 9.78. The maximum Gasteiger partial charge on any atom is 0.251 e. The van der Waals surface area contributed by atoms with Crippen molar-refractivity contribution >= 4 is 39.3 Å². The summed E-state index contributed by atoms with van der Waals surface area (Å²) in [6, 6.07) is 14.0. The molecule has 1 amide bonds. The smallest absolute Gasteiger partial charge is 0.251 e. The van der Waals surface area contributed by atoms with E-state index >= 15 is 0 Å². The van der Waals surface area contributed by atoms with Crippen LogP contribution in [0.1, 0.15) is 10.4 Å². The number of nitrogens with one attached hydrogen (secondary N) is 2. The molecule has 8 heteroatoms. The van der Waals surface area contributed by atoms with Crippen molar-refractivity contribution in [2.75, 3.05) is 18.8 Å². The zero-order valence-electron chi connectivity index (χ0n) is 13.9. The largest absolute Gasteiger partial charge is 0.351 e. The molecule has 2 N–H and O–H groups in total. The first-order valence-electron chi connectivity index (χ1n) is 7.80. The monoisotopic (exact) mass is 410 g/mol. The van der Waals surface area contributed by atoms with Gasteiger partial charge in [0.05, 0.1) is 5.02 Å². The molecule has 0 fully saturated rings. The highest BCUT2D eigenvalue weighted by atomic mass is 35.5. The van der Waals surface area contributed by atoms with Crippen LogP contribution in [-0.4, -0.2) is 33.2 Å². The fourth-order valence-corrected chi connectivity index (χ4v) is 4.36. The first kappa shape index (κ1) is 20.5. The van der Waals surface area contributed by atoms with Crippen LogP contribution in [0.3, 0.4) is 0 Å². The second-order valence-electron chi connectivity index (χ2n) is 5.20. The lowest BCUT2D eigenvalue weighted by molar-refractivity contribution is 0.0956. The molecule has 0 heterocycles. The van der Waals surface area contributed by atoms with Crippen LogP contribution in [0.5, 0.6) is 0 Å². The molecule has 0 atom stereocenters. The van der Waals surface area contributed by atoms with Gasteiger partial charge in [0.1, 0.15) is 4.90 Å². The number of benzene rings is 2. The highest BCUT2D eigenvalue weighted by Crippen LogP contribution is 2.22. The first-order valence-corrected chi connectivity index (χ1v) is 10.6. The molecule has 2 aromatic rings. The summed E-state index contributed by atoms with van der Waals surface area (Å²) in [5.74, 6) is 0.352. The summed E-state index contributed by atoms with van der Waals surface area (Å²) >= 11 is 7.60. The Hall–Kier alpha value is -1.80. The molecular formula is C18H19ClN2O3S2. The Balaban J connectivity index is 1.98. The molecule has 0 radical (unpaired) electrons. The summed E-state index contributed by atoms with van der Waals surface area (Å²) < 4.78 is 26.8. The van der Waals surface area contributed by atoms with Crippen LogP contribution >= 0.6 is 23.4 Å². The number of halogens is 1. The molecule has 0 aromatic heterocycles. The number of carbonyl (C=O) groups excluding carboxylic acids is 1. The molecule has 0 unspecified atom stereocenters. The van der Waals surface area contributed by atoms with Crippen LogP contribution in [0.25, 0.3) is 0 Å². The Kier molecular flexibility index (Phi) is 7.71. The quantitative estimate of drug-likeness (QED) is 0.377. The number of amides is 1. The Morgan fingerprint density at radius 3 is 2.62 bits per heavy atom. The van der Waals surface area contributed by atoms with Gasteiger partial charge in [-0.2, -0.15) is 0 Å². The van der Waals surface area contributed by atoms with E-state index in [9.17, 15) is 13.2 Å². The first-order chi connectivity index (χ1) is 12.4. The predicted octanol–water partition coefficient (Wildman–Crippen LogP) is 3.33. The summed E-state index contributed by atoms with van der Waals surface area (Å²) in [6.07, 6.45) is 1.42. The zero-order chi connectivity index (χ0) is 19.0. The molecular weight excluding hydrogens is 392 g/mol. The van der Waals surface area contributed by atoms with Crippen molar-refractivity contribution in [1.29, 1.82) is 0 Å². The van der Waals surface area contributed by atoms with Gasteiger partial charge in [-0.1, -0.05) is 35.9 Å². The van der Waals surface area contributed by atoms with E-state index in [0.29, 0.717) is 12.3 Å². The van der Waals surface area contributed by atoms with E-state index < -0.39 is 10.0 Å². The minimum Gasteiger partial charge on any atom is -0.351 e.